The number of carbonyl (C=O) groups is 1. The summed E-state index contributed by atoms with van der Waals surface area (Å²) in [5.41, 5.74) is 6.87. The molecule has 2 aromatic heterocycles. The third-order valence-corrected chi connectivity index (χ3v) is 11.2. The fourth-order valence-electron chi connectivity index (χ4n) is 8.54. The zero-order valence-corrected chi connectivity index (χ0v) is 31.4. The van der Waals surface area contributed by atoms with Crippen molar-refractivity contribution in [3.05, 3.63) is 161 Å². The maximum atomic E-state index is 13.0. The highest BCUT2D eigenvalue weighted by Gasteiger charge is 2.34. The first-order valence-electron chi connectivity index (χ1n) is 19.5. The first-order valence-corrected chi connectivity index (χ1v) is 19.5. The Morgan fingerprint density at radius 1 is 0.828 bits per heavy atom. The number of alkyl halides is 3. The van der Waals surface area contributed by atoms with E-state index in [1.807, 2.05) is 36.4 Å². The number of amides is 1. The molecular formula is C46H40F3N5O4. The second kappa shape index (κ2) is 15.4. The summed E-state index contributed by atoms with van der Waals surface area (Å²) < 4.78 is 51.3. The smallest absolute Gasteiger partial charge is 0.508 e. The fraction of sp³-hybridized carbons (Fsp3) is 0.239. The minimum Gasteiger partial charge on any atom is -0.508 e. The molecule has 0 bridgehead atoms. The van der Waals surface area contributed by atoms with Crippen molar-refractivity contribution < 1.29 is 32.5 Å². The van der Waals surface area contributed by atoms with Crippen LogP contribution in [-0.4, -0.2) is 51.2 Å². The highest BCUT2D eigenvalue weighted by Crippen LogP contribution is 2.47. The molecule has 3 heterocycles. The molecule has 294 valence electrons. The van der Waals surface area contributed by atoms with E-state index in [1.165, 1.54) is 40.5 Å². The molecule has 1 saturated heterocycles. The molecular weight excluding hydrogens is 744 g/mol. The number of phenolic OH excluding ortho intramolecular Hbond substituents is 1. The standard InChI is InChI=1S/C46H40F3N5O4/c47-46(48,49)58-42-13-7-5-11-39(42)44(56)50-28-32-27-41-38-10-4-6-12-40(38)51-45(54(41)52-32)53-24-22-35(23-25-53)57-34-18-14-30(15-19-34)43-36(29-8-2-1-3-9-29)20-16-31-26-33(55)17-21-37(31)43/h1-15,17-19,21,26-27,35-36,43,55H,16,20,22-25,28H2,(H,50,56)/t36-,43+/m1/s1. The van der Waals surface area contributed by atoms with E-state index in [4.69, 9.17) is 14.8 Å². The molecule has 1 aliphatic carbocycles. The summed E-state index contributed by atoms with van der Waals surface area (Å²) in [6, 6.07) is 39.8. The summed E-state index contributed by atoms with van der Waals surface area (Å²) in [5, 5.41) is 18.6. The van der Waals surface area contributed by atoms with Crippen LogP contribution in [0, 0.1) is 0 Å². The van der Waals surface area contributed by atoms with Gasteiger partial charge in [-0.25, -0.2) is 4.98 Å². The summed E-state index contributed by atoms with van der Waals surface area (Å²) in [7, 11) is 0. The van der Waals surface area contributed by atoms with Crippen molar-refractivity contribution in [2.75, 3.05) is 18.0 Å². The fourth-order valence-corrected chi connectivity index (χ4v) is 8.54. The molecule has 9 rings (SSSR count). The molecule has 1 aliphatic heterocycles. The topological polar surface area (TPSA) is 101 Å². The molecule has 1 amide bonds. The van der Waals surface area contributed by atoms with Crippen molar-refractivity contribution in [3.63, 3.8) is 0 Å². The molecule has 2 atom stereocenters. The van der Waals surface area contributed by atoms with Crippen LogP contribution in [0.25, 0.3) is 16.4 Å². The van der Waals surface area contributed by atoms with Gasteiger partial charge in [0.2, 0.25) is 5.95 Å². The van der Waals surface area contributed by atoms with Gasteiger partial charge in [-0.05, 0) is 89.5 Å². The van der Waals surface area contributed by atoms with E-state index in [9.17, 15) is 23.1 Å². The van der Waals surface area contributed by atoms with Crippen molar-refractivity contribution in [1.82, 2.24) is 19.9 Å². The third-order valence-electron chi connectivity index (χ3n) is 11.2. The van der Waals surface area contributed by atoms with Gasteiger partial charge in [-0.15, -0.1) is 13.2 Å². The Kier molecular flexibility index (Phi) is 9.84. The van der Waals surface area contributed by atoms with Crippen molar-refractivity contribution in [1.29, 1.82) is 0 Å². The van der Waals surface area contributed by atoms with Crippen LogP contribution >= 0.6 is 0 Å². The first-order chi connectivity index (χ1) is 28.2. The lowest BCUT2D eigenvalue weighted by atomic mass is 9.69. The number of anilines is 1. The van der Waals surface area contributed by atoms with Gasteiger partial charge in [0.15, 0.2) is 0 Å². The van der Waals surface area contributed by atoms with Gasteiger partial charge < -0.3 is 24.8 Å². The monoisotopic (exact) mass is 783 g/mol. The average molecular weight is 784 g/mol. The van der Waals surface area contributed by atoms with Gasteiger partial charge >= 0.3 is 6.36 Å². The number of aromatic nitrogens is 3. The number of hydrogen-bond donors (Lipinski definition) is 2. The molecule has 1 fully saturated rings. The molecule has 5 aromatic carbocycles. The zero-order chi connectivity index (χ0) is 39.8. The number of fused-ring (bicyclic) bond motifs is 4. The van der Waals surface area contributed by atoms with Gasteiger partial charge in [-0.1, -0.05) is 78.9 Å². The van der Waals surface area contributed by atoms with E-state index in [1.54, 1.807) is 10.6 Å². The van der Waals surface area contributed by atoms with Gasteiger partial charge in [0.05, 0.1) is 28.8 Å². The number of rotatable bonds is 9. The van der Waals surface area contributed by atoms with Crippen molar-refractivity contribution in [3.8, 4) is 17.2 Å². The molecule has 0 spiro atoms. The lowest BCUT2D eigenvalue weighted by Crippen LogP contribution is -2.39. The Morgan fingerprint density at radius 3 is 2.36 bits per heavy atom. The molecule has 7 aromatic rings. The maximum Gasteiger partial charge on any atom is 0.573 e. The van der Waals surface area contributed by atoms with Crippen molar-refractivity contribution in [2.24, 2.45) is 0 Å². The second-order valence-electron chi connectivity index (χ2n) is 14.9. The van der Waals surface area contributed by atoms with Gasteiger partial charge in [-0.2, -0.15) is 9.61 Å². The summed E-state index contributed by atoms with van der Waals surface area (Å²) >= 11 is 0. The summed E-state index contributed by atoms with van der Waals surface area (Å²) in [6.07, 6.45) is -1.50. The Balaban J connectivity index is 0.896. The summed E-state index contributed by atoms with van der Waals surface area (Å²) in [4.78, 5) is 20.2. The number of halogens is 3. The van der Waals surface area contributed by atoms with E-state index in [0.717, 1.165) is 53.9 Å². The Labute approximate surface area is 332 Å². The molecule has 9 nitrogen and oxygen atoms in total. The zero-order valence-electron chi connectivity index (χ0n) is 31.4. The number of benzene rings is 5. The third kappa shape index (κ3) is 7.61. The van der Waals surface area contributed by atoms with E-state index < -0.39 is 18.0 Å². The van der Waals surface area contributed by atoms with E-state index in [2.05, 4.69) is 75.6 Å². The minimum absolute atomic E-state index is 0.00101. The Hall–Kier alpha value is -6.56. The average Bonchev–Trinajstić information content (AvgIpc) is 3.67. The van der Waals surface area contributed by atoms with Gasteiger partial charge in [0, 0.05) is 37.2 Å². The molecule has 2 aliphatic rings. The maximum absolute atomic E-state index is 13.0. The quantitative estimate of drug-likeness (QED) is 0.151. The number of hydrogen-bond acceptors (Lipinski definition) is 7. The predicted molar refractivity (Wildman–Crippen MR) is 215 cm³/mol. The summed E-state index contributed by atoms with van der Waals surface area (Å²) in [6.45, 7) is 1.33. The van der Waals surface area contributed by atoms with E-state index >= 15 is 0 Å². The van der Waals surface area contributed by atoms with Gasteiger partial charge in [0.1, 0.15) is 23.4 Å². The van der Waals surface area contributed by atoms with Crippen LogP contribution in [0.2, 0.25) is 0 Å². The molecule has 2 N–H and O–H groups in total. The molecule has 0 radical (unpaired) electrons. The first kappa shape index (κ1) is 37.0. The number of aromatic hydroxyl groups is 1. The largest absolute Gasteiger partial charge is 0.573 e. The molecule has 0 saturated carbocycles. The van der Waals surface area contributed by atoms with Crippen LogP contribution in [0.1, 0.15) is 69.4 Å². The number of aryl methyl sites for hydroxylation is 1. The molecule has 12 heteroatoms. The SMILES string of the molecule is O=C(NCc1cc2c3ccccc3nc(N3CCC(Oc4ccc([C@@H]5c6ccc(O)cc6CC[C@@H]5c5ccccc5)cc4)CC3)n2n1)c1ccccc1OC(F)(F)F. The van der Waals surface area contributed by atoms with Gasteiger partial charge in [0.25, 0.3) is 5.91 Å². The number of ether oxygens (including phenoxy) is 2. The van der Waals surface area contributed by atoms with Crippen LogP contribution in [-0.2, 0) is 13.0 Å². The Morgan fingerprint density at radius 2 is 1.57 bits per heavy atom. The number of nitrogens with zero attached hydrogens (tertiary/aromatic N) is 4. The molecule has 58 heavy (non-hydrogen) atoms. The van der Waals surface area contributed by atoms with Crippen molar-refractivity contribution >= 4 is 28.3 Å². The number of piperidine rings is 1. The highest BCUT2D eigenvalue weighted by molar-refractivity contribution is 5.97. The second-order valence-corrected chi connectivity index (χ2v) is 14.9. The predicted octanol–water partition coefficient (Wildman–Crippen LogP) is 9.33. The van der Waals surface area contributed by atoms with Crippen LogP contribution in [0.5, 0.6) is 17.2 Å². The number of para-hydroxylation sites is 2. The molecule has 0 unspecified atom stereocenters. The van der Waals surface area contributed by atoms with Crippen LogP contribution < -0.4 is 19.7 Å². The number of phenols is 1. The minimum atomic E-state index is -4.93. The van der Waals surface area contributed by atoms with Crippen molar-refractivity contribution in [2.45, 2.75) is 56.5 Å². The highest BCUT2D eigenvalue weighted by atomic mass is 19.4. The number of nitrogens with one attached hydrogen (secondary N) is 1. The Bertz CT molecular complexity index is 2590. The lowest BCUT2D eigenvalue weighted by Gasteiger charge is -2.35. The van der Waals surface area contributed by atoms with E-state index in [-0.39, 0.29) is 24.1 Å². The van der Waals surface area contributed by atoms with E-state index in [0.29, 0.717) is 36.4 Å². The van der Waals surface area contributed by atoms with Crippen LogP contribution in [0.15, 0.2) is 127 Å². The lowest BCUT2D eigenvalue weighted by molar-refractivity contribution is -0.274. The summed E-state index contributed by atoms with van der Waals surface area (Å²) in [5.74, 6) is 0.961. The van der Waals surface area contributed by atoms with Crippen LogP contribution in [0.3, 0.4) is 0 Å². The van der Waals surface area contributed by atoms with Gasteiger partial charge in [-0.3, -0.25) is 4.79 Å². The normalized spacial score (nSPS) is 17.3. The number of carbonyl (C=O) groups excluding carboxylic acids is 1. The van der Waals surface area contributed by atoms with Crippen LogP contribution in [0.4, 0.5) is 19.1 Å².